The summed E-state index contributed by atoms with van der Waals surface area (Å²) in [5.74, 6) is 0.249. The zero-order valence-electron chi connectivity index (χ0n) is 12.8. The highest BCUT2D eigenvalue weighted by atomic mass is 35.5. The summed E-state index contributed by atoms with van der Waals surface area (Å²) in [6, 6.07) is 8.04. The van der Waals surface area contributed by atoms with Crippen LogP contribution in [0.5, 0.6) is 0 Å². The Kier molecular flexibility index (Phi) is 6.03. The Hall–Kier alpha value is -1.10. The summed E-state index contributed by atoms with van der Waals surface area (Å²) in [6.45, 7) is 6.45. The van der Waals surface area contributed by atoms with Gasteiger partial charge in [0, 0.05) is 50.2 Å². The van der Waals surface area contributed by atoms with Crippen molar-refractivity contribution in [3.63, 3.8) is 0 Å². The molecule has 116 valence electrons. The Morgan fingerprint density at radius 2 is 1.86 bits per heavy atom. The first-order valence-corrected chi connectivity index (χ1v) is 7.89. The summed E-state index contributed by atoms with van der Waals surface area (Å²) in [6.07, 6.45) is 0.557. The third-order valence-corrected chi connectivity index (χ3v) is 4.27. The minimum Gasteiger partial charge on any atom is -0.340 e. The van der Waals surface area contributed by atoms with Crippen molar-refractivity contribution >= 4 is 17.5 Å². The van der Waals surface area contributed by atoms with Crippen LogP contribution in [0.1, 0.15) is 24.9 Å². The van der Waals surface area contributed by atoms with Gasteiger partial charge in [0.1, 0.15) is 0 Å². The Balaban J connectivity index is 1.71. The van der Waals surface area contributed by atoms with Crippen molar-refractivity contribution < 1.29 is 4.79 Å². The predicted molar refractivity (Wildman–Crippen MR) is 86.6 cm³/mol. The van der Waals surface area contributed by atoms with Crippen LogP contribution in [0.4, 0.5) is 0 Å². The summed E-state index contributed by atoms with van der Waals surface area (Å²) < 4.78 is 0. The number of nitrogens with one attached hydrogen (secondary N) is 1. The molecule has 0 saturated carbocycles. The van der Waals surface area contributed by atoms with Crippen LogP contribution in [-0.4, -0.2) is 55.5 Å². The molecule has 0 aromatic heterocycles. The van der Waals surface area contributed by atoms with Gasteiger partial charge in [-0.05, 0) is 31.7 Å². The Morgan fingerprint density at radius 1 is 1.24 bits per heavy atom. The van der Waals surface area contributed by atoms with Crippen LogP contribution in [0.25, 0.3) is 0 Å². The standard InChI is InChI=1S/C16H24ClN3O/c1-13(14-3-5-15(17)6-4-14)18-8-7-16(21)20-11-9-19(2)10-12-20/h3-6,13,18H,7-12H2,1-2H3/t13-/m0/s1. The van der Waals surface area contributed by atoms with Crippen molar-refractivity contribution in [1.29, 1.82) is 0 Å². The van der Waals surface area contributed by atoms with Crippen LogP contribution in [0.15, 0.2) is 24.3 Å². The third kappa shape index (κ3) is 4.99. The molecule has 1 heterocycles. The number of nitrogens with zero attached hydrogens (tertiary/aromatic N) is 2. The summed E-state index contributed by atoms with van der Waals surface area (Å²) >= 11 is 5.88. The monoisotopic (exact) mass is 309 g/mol. The van der Waals surface area contributed by atoms with E-state index >= 15 is 0 Å². The molecule has 1 aliphatic rings. The van der Waals surface area contributed by atoms with Crippen molar-refractivity contribution in [2.45, 2.75) is 19.4 Å². The molecule has 1 atom stereocenters. The molecule has 2 rings (SSSR count). The van der Waals surface area contributed by atoms with Crippen LogP contribution in [0.2, 0.25) is 5.02 Å². The first-order chi connectivity index (χ1) is 10.1. The minimum atomic E-state index is 0.225. The maximum Gasteiger partial charge on any atom is 0.223 e. The minimum absolute atomic E-state index is 0.225. The van der Waals surface area contributed by atoms with E-state index in [4.69, 9.17) is 11.6 Å². The average molecular weight is 310 g/mol. The Morgan fingerprint density at radius 3 is 2.48 bits per heavy atom. The lowest BCUT2D eigenvalue weighted by molar-refractivity contribution is -0.132. The number of halogens is 1. The van der Waals surface area contributed by atoms with E-state index < -0.39 is 0 Å². The van der Waals surface area contributed by atoms with Gasteiger partial charge in [0.05, 0.1) is 0 Å². The molecule has 1 amide bonds. The number of hydrogen-bond donors (Lipinski definition) is 1. The molecule has 0 radical (unpaired) electrons. The first-order valence-electron chi connectivity index (χ1n) is 7.51. The van der Waals surface area contributed by atoms with Gasteiger partial charge < -0.3 is 15.1 Å². The molecule has 0 spiro atoms. The lowest BCUT2D eigenvalue weighted by Crippen LogP contribution is -2.47. The summed E-state index contributed by atoms with van der Waals surface area (Å²) in [7, 11) is 2.09. The molecular weight excluding hydrogens is 286 g/mol. The lowest BCUT2D eigenvalue weighted by Gasteiger charge is -2.32. The van der Waals surface area contributed by atoms with E-state index in [9.17, 15) is 4.79 Å². The molecule has 0 aliphatic carbocycles. The van der Waals surface area contributed by atoms with Crippen molar-refractivity contribution in [3.05, 3.63) is 34.9 Å². The quantitative estimate of drug-likeness (QED) is 0.905. The van der Waals surface area contributed by atoms with Crippen molar-refractivity contribution in [1.82, 2.24) is 15.1 Å². The fraction of sp³-hybridized carbons (Fsp3) is 0.562. The summed E-state index contributed by atoms with van der Waals surface area (Å²) in [5.41, 5.74) is 1.19. The molecule has 0 bridgehead atoms. The number of carbonyl (C=O) groups excluding carboxylic acids is 1. The van der Waals surface area contributed by atoms with E-state index in [0.29, 0.717) is 13.0 Å². The lowest BCUT2D eigenvalue weighted by atomic mass is 10.1. The predicted octanol–water partition coefficient (Wildman–Crippen LogP) is 2.15. The number of piperazine rings is 1. The van der Waals surface area contributed by atoms with Crippen molar-refractivity contribution in [2.75, 3.05) is 39.8 Å². The number of benzene rings is 1. The van der Waals surface area contributed by atoms with Gasteiger partial charge in [0.2, 0.25) is 5.91 Å². The van der Waals surface area contributed by atoms with Crippen LogP contribution in [0, 0.1) is 0 Å². The van der Waals surface area contributed by atoms with Gasteiger partial charge in [-0.3, -0.25) is 4.79 Å². The fourth-order valence-corrected chi connectivity index (χ4v) is 2.60. The van der Waals surface area contributed by atoms with Gasteiger partial charge >= 0.3 is 0 Å². The van der Waals surface area contributed by atoms with Crippen molar-refractivity contribution in [2.24, 2.45) is 0 Å². The van der Waals surface area contributed by atoms with Crippen LogP contribution in [-0.2, 0) is 4.79 Å². The second-order valence-corrected chi connectivity index (χ2v) is 6.10. The topological polar surface area (TPSA) is 35.6 Å². The smallest absolute Gasteiger partial charge is 0.223 e. The van der Waals surface area contributed by atoms with Crippen LogP contribution < -0.4 is 5.32 Å². The number of hydrogen-bond acceptors (Lipinski definition) is 3. The number of likely N-dealkylation sites (N-methyl/N-ethyl adjacent to an activating group) is 1. The van der Waals surface area contributed by atoms with Gasteiger partial charge in [0.25, 0.3) is 0 Å². The molecule has 1 N–H and O–H groups in total. The summed E-state index contributed by atoms with van der Waals surface area (Å²) in [4.78, 5) is 16.3. The number of carbonyl (C=O) groups is 1. The zero-order chi connectivity index (χ0) is 15.2. The van der Waals surface area contributed by atoms with Crippen molar-refractivity contribution in [3.8, 4) is 0 Å². The van der Waals surface area contributed by atoms with E-state index in [1.165, 1.54) is 5.56 Å². The van der Waals surface area contributed by atoms with Gasteiger partial charge in [-0.1, -0.05) is 23.7 Å². The Bertz CT molecular complexity index is 455. The fourth-order valence-electron chi connectivity index (χ4n) is 2.48. The van der Waals surface area contributed by atoms with Gasteiger partial charge in [-0.15, -0.1) is 0 Å². The van der Waals surface area contributed by atoms with E-state index in [0.717, 1.165) is 31.2 Å². The van der Waals surface area contributed by atoms with E-state index in [-0.39, 0.29) is 11.9 Å². The molecule has 1 fully saturated rings. The SMILES string of the molecule is C[C@H](NCCC(=O)N1CCN(C)CC1)c1ccc(Cl)cc1. The second kappa shape index (κ2) is 7.78. The summed E-state index contributed by atoms with van der Waals surface area (Å²) in [5, 5.41) is 4.14. The molecule has 4 nitrogen and oxygen atoms in total. The number of amides is 1. The van der Waals surface area contributed by atoms with Gasteiger partial charge in [0.15, 0.2) is 0 Å². The molecular formula is C16H24ClN3O. The molecule has 21 heavy (non-hydrogen) atoms. The number of rotatable bonds is 5. The van der Waals surface area contributed by atoms with Crippen LogP contribution >= 0.6 is 11.6 Å². The molecule has 1 aromatic carbocycles. The molecule has 1 aromatic rings. The highest BCUT2D eigenvalue weighted by molar-refractivity contribution is 6.30. The molecule has 1 aliphatic heterocycles. The molecule has 1 saturated heterocycles. The highest BCUT2D eigenvalue weighted by Gasteiger charge is 2.18. The van der Waals surface area contributed by atoms with E-state index in [2.05, 4.69) is 24.2 Å². The second-order valence-electron chi connectivity index (χ2n) is 5.66. The maximum atomic E-state index is 12.1. The Labute approximate surface area is 132 Å². The van der Waals surface area contributed by atoms with E-state index in [1.807, 2.05) is 29.2 Å². The highest BCUT2D eigenvalue weighted by Crippen LogP contribution is 2.15. The van der Waals surface area contributed by atoms with Gasteiger partial charge in [-0.2, -0.15) is 0 Å². The molecule has 5 heteroatoms. The molecule has 0 unspecified atom stereocenters. The zero-order valence-corrected chi connectivity index (χ0v) is 13.6. The van der Waals surface area contributed by atoms with Gasteiger partial charge in [-0.25, -0.2) is 0 Å². The maximum absolute atomic E-state index is 12.1. The average Bonchev–Trinajstić information content (AvgIpc) is 2.48. The normalized spacial score (nSPS) is 17.8. The largest absolute Gasteiger partial charge is 0.340 e. The van der Waals surface area contributed by atoms with Crippen LogP contribution in [0.3, 0.4) is 0 Å². The van der Waals surface area contributed by atoms with E-state index in [1.54, 1.807) is 0 Å². The third-order valence-electron chi connectivity index (χ3n) is 4.02. The first kappa shape index (κ1) is 16.3.